The number of fused-ring (bicyclic) bond motifs is 2. The molecule has 5 rings (SSSR count). The number of methoxy groups -OCH3 is 2. The van der Waals surface area contributed by atoms with Gasteiger partial charge in [-0.25, -0.2) is 4.79 Å². The van der Waals surface area contributed by atoms with Crippen molar-refractivity contribution >= 4 is 12.1 Å². The smallest absolute Gasteiger partial charge is 0.416 e. The van der Waals surface area contributed by atoms with Crippen molar-refractivity contribution in [3.05, 3.63) is 58.1 Å². The summed E-state index contributed by atoms with van der Waals surface area (Å²) in [4.78, 5) is 27.0. The van der Waals surface area contributed by atoms with Gasteiger partial charge in [0.05, 0.1) is 32.8 Å². The van der Waals surface area contributed by atoms with Gasteiger partial charge in [0, 0.05) is 50.3 Å². The highest BCUT2D eigenvalue weighted by atomic mass is 19.4. The minimum absolute atomic E-state index is 0.0912. The molecule has 2 heterocycles. The zero-order valence-electron chi connectivity index (χ0n) is 21.9. The standard InChI is InChI=1S/C28H31F3N2O6/c1-36-26(34)13-17-16-38-25-14-18(3-4-19(17)25)39-24-8-6-20-21(24)5-7-23(28(29,30)31)22(20)15-32-9-11-33(12-10-32)27(35)37-2/h3-5,7,14,17,24H,6,8-13,15-16H2,1-2H3/t17?,24-/m1/s1. The first kappa shape index (κ1) is 27.1. The Morgan fingerprint density at radius 2 is 1.77 bits per heavy atom. The second-order valence-corrected chi connectivity index (χ2v) is 10.0. The van der Waals surface area contributed by atoms with E-state index in [-0.39, 0.29) is 36.5 Å². The number of amides is 1. The fraction of sp³-hybridized carbons (Fsp3) is 0.500. The lowest BCUT2D eigenvalue weighted by atomic mass is 9.96. The van der Waals surface area contributed by atoms with Crippen LogP contribution in [-0.2, 0) is 33.4 Å². The molecule has 1 amide bonds. The predicted molar refractivity (Wildman–Crippen MR) is 134 cm³/mol. The fourth-order valence-corrected chi connectivity index (χ4v) is 5.70. The fourth-order valence-electron chi connectivity index (χ4n) is 5.70. The van der Waals surface area contributed by atoms with E-state index in [0.29, 0.717) is 62.7 Å². The Labute approximate surface area is 224 Å². The summed E-state index contributed by atoms with van der Waals surface area (Å²) in [5.74, 6) is 0.801. The summed E-state index contributed by atoms with van der Waals surface area (Å²) in [6.07, 6.45) is -4.03. The molecule has 1 unspecified atom stereocenters. The Balaban J connectivity index is 1.34. The van der Waals surface area contributed by atoms with Crippen molar-refractivity contribution in [1.29, 1.82) is 0 Å². The summed E-state index contributed by atoms with van der Waals surface area (Å²) >= 11 is 0. The molecule has 8 nitrogen and oxygen atoms in total. The van der Waals surface area contributed by atoms with Crippen LogP contribution >= 0.6 is 0 Å². The number of benzene rings is 2. The SMILES string of the molecule is COC(=O)CC1COc2cc(O[C@@H]3CCc4c3ccc(C(F)(F)F)c4CN3CCN(C(=O)OC)CC3)ccc21. The lowest BCUT2D eigenvalue weighted by molar-refractivity contribution is -0.141. The van der Waals surface area contributed by atoms with Gasteiger partial charge >= 0.3 is 18.2 Å². The summed E-state index contributed by atoms with van der Waals surface area (Å²) in [7, 11) is 2.66. The Bertz CT molecular complexity index is 1240. The van der Waals surface area contributed by atoms with Crippen LogP contribution in [0.25, 0.3) is 0 Å². The normalized spacial score (nSPS) is 20.7. The van der Waals surface area contributed by atoms with Crippen molar-refractivity contribution in [1.82, 2.24) is 9.80 Å². The molecule has 1 fully saturated rings. The second-order valence-electron chi connectivity index (χ2n) is 10.0. The number of piperazine rings is 1. The van der Waals surface area contributed by atoms with Crippen LogP contribution in [0.2, 0.25) is 0 Å². The zero-order chi connectivity index (χ0) is 27.7. The van der Waals surface area contributed by atoms with Crippen LogP contribution in [0, 0.1) is 0 Å². The van der Waals surface area contributed by atoms with E-state index in [4.69, 9.17) is 18.9 Å². The van der Waals surface area contributed by atoms with Gasteiger partial charge in [-0.1, -0.05) is 12.1 Å². The topological polar surface area (TPSA) is 77.5 Å². The van der Waals surface area contributed by atoms with Crippen LogP contribution in [0.1, 0.15) is 52.7 Å². The lowest BCUT2D eigenvalue weighted by Gasteiger charge is -2.34. The van der Waals surface area contributed by atoms with E-state index in [0.717, 1.165) is 17.2 Å². The van der Waals surface area contributed by atoms with Gasteiger partial charge < -0.3 is 23.8 Å². The monoisotopic (exact) mass is 548 g/mol. The van der Waals surface area contributed by atoms with Crippen molar-refractivity contribution in [3.8, 4) is 11.5 Å². The van der Waals surface area contributed by atoms with Crippen LogP contribution in [0.3, 0.4) is 0 Å². The number of carbonyl (C=O) groups excluding carboxylic acids is 2. The summed E-state index contributed by atoms with van der Waals surface area (Å²) in [5.41, 5.74) is 2.00. The molecule has 0 spiro atoms. The highest BCUT2D eigenvalue weighted by Gasteiger charge is 2.38. The molecule has 2 aromatic rings. The van der Waals surface area contributed by atoms with E-state index >= 15 is 0 Å². The van der Waals surface area contributed by atoms with Crippen molar-refractivity contribution in [3.63, 3.8) is 0 Å². The maximum atomic E-state index is 14.0. The summed E-state index contributed by atoms with van der Waals surface area (Å²) in [6.45, 7) is 2.24. The molecule has 39 heavy (non-hydrogen) atoms. The molecule has 0 aromatic heterocycles. The minimum Gasteiger partial charge on any atom is -0.492 e. The number of ether oxygens (including phenoxy) is 4. The third-order valence-electron chi connectivity index (χ3n) is 7.75. The van der Waals surface area contributed by atoms with Gasteiger partial charge in [0.15, 0.2) is 0 Å². The highest BCUT2D eigenvalue weighted by Crippen LogP contribution is 2.44. The summed E-state index contributed by atoms with van der Waals surface area (Å²) in [5, 5.41) is 0. The number of halogens is 3. The third-order valence-corrected chi connectivity index (χ3v) is 7.75. The number of hydrogen-bond acceptors (Lipinski definition) is 7. The largest absolute Gasteiger partial charge is 0.492 e. The van der Waals surface area contributed by atoms with Crippen LogP contribution in [0.5, 0.6) is 11.5 Å². The van der Waals surface area contributed by atoms with Crippen LogP contribution in [-0.4, -0.2) is 68.9 Å². The van der Waals surface area contributed by atoms with Gasteiger partial charge in [0.1, 0.15) is 17.6 Å². The molecule has 2 atom stereocenters. The quantitative estimate of drug-likeness (QED) is 0.485. The average Bonchev–Trinajstić information content (AvgIpc) is 3.52. The molecule has 11 heteroatoms. The van der Waals surface area contributed by atoms with Gasteiger partial charge in [-0.2, -0.15) is 13.2 Å². The molecule has 1 aliphatic carbocycles. The van der Waals surface area contributed by atoms with Crippen molar-refractivity contribution in [2.75, 3.05) is 47.0 Å². The molecule has 2 aromatic carbocycles. The molecule has 210 valence electrons. The minimum atomic E-state index is -4.48. The van der Waals surface area contributed by atoms with Crippen LogP contribution in [0.4, 0.5) is 18.0 Å². The van der Waals surface area contributed by atoms with Crippen molar-refractivity contribution in [2.24, 2.45) is 0 Å². The number of esters is 1. The number of hydrogen-bond donors (Lipinski definition) is 0. The number of nitrogens with zero attached hydrogens (tertiary/aromatic N) is 2. The van der Waals surface area contributed by atoms with Crippen molar-refractivity contribution < 1.29 is 41.7 Å². The van der Waals surface area contributed by atoms with Gasteiger partial charge in [-0.3, -0.25) is 9.69 Å². The predicted octanol–water partition coefficient (Wildman–Crippen LogP) is 4.69. The highest BCUT2D eigenvalue weighted by molar-refractivity contribution is 5.71. The number of alkyl halides is 3. The van der Waals surface area contributed by atoms with E-state index in [1.807, 2.05) is 17.0 Å². The molecule has 0 bridgehead atoms. The van der Waals surface area contributed by atoms with Gasteiger partial charge in [0.2, 0.25) is 0 Å². The zero-order valence-corrected chi connectivity index (χ0v) is 21.9. The van der Waals surface area contributed by atoms with Gasteiger partial charge in [-0.05, 0) is 41.7 Å². The van der Waals surface area contributed by atoms with E-state index in [2.05, 4.69) is 0 Å². The molecule has 3 aliphatic rings. The average molecular weight is 549 g/mol. The summed E-state index contributed by atoms with van der Waals surface area (Å²) in [6, 6.07) is 8.14. The Hall–Kier alpha value is -3.47. The Morgan fingerprint density at radius 3 is 2.46 bits per heavy atom. The summed E-state index contributed by atoms with van der Waals surface area (Å²) < 4.78 is 63.6. The van der Waals surface area contributed by atoms with Crippen LogP contribution in [0.15, 0.2) is 30.3 Å². The maximum Gasteiger partial charge on any atom is 0.416 e. The molecule has 0 saturated carbocycles. The van der Waals surface area contributed by atoms with E-state index in [1.54, 1.807) is 11.0 Å². The van der Waals surface area contributed by atoms with E-state index in [9.17, 15) is 22.8 Å². The van der Waals surface area contributed by atoms with Gasteiger partial charge in [-0.15, -0.1) is 0 Å². The third kappa shape index (κ3) is 5.63. The maximum absolute atomic E-state index is 14.0. The Morgan fingerprint density at radius 1 is 1.03 bits per heavy atom. The first-order chi connectivity index (χ1) is 18.7. The molecular weight excluding hydrogens is 517 g/mol. The first-order valence-electron chi connectivity index (χ1n) is 12.9. The van der Waals surface area contributed by atoms with E-state index < -0.39 is 17.8 Å². The van der Waals surface area contributed by atoms with Crippen LogP contribution < -0.4 is 9.47 Å². The molecule has 2 aliphatic heterocycles. The molecule has 0 radical (unpaired) electrons. The second kappa shape index (κ2) is 11.0. The number of carbonyl (C=O) groups is 2. The Kier molecular flexibility index (Phi) is 7.61. The molecular formula is C28H31F3N2O6. The first-order valence-corrected chi connectivity index (χ1v) is 12.9. The molecule has 0 N–H and O–H groups in total. The lowest BCUT2D eigenvalue weighted by Crippen LogP contribution is -2.48. The van der Waals surface area contributed by atoms with E-state index in [1.165, 1.54) is 20.3 Å². The van der Waals surface area contributed by atoms with Crippen molar-refractivity contribution in [2.45, 2.75) is 44.0 Å². The number of rotatable bonds is 6. The van der Waals surface area contributed by atoms with Gasteiger partial charge in [0.25, 0.3) is 0 Å². The molecule has 1 saturated heterocycles.